The van der Waals surface area contributed by atoms with E-state index in [1.54, 1.807) is 0 Å². The molecule has 1 nitrogen and oxygen atoms in total. The fraction of sp³-hybridized carbons (Fsp3) is 0. The first-order chi connectivity index (χ1) is 8.47. The summed E-state index contributed by atoms with van der Waals surface area (Å²) < 4.78 is 38.9. The largest absolute Gasteiger partial charge is 0.398 e. The summed E-state index contributed by atoms with van der Waals surface area (Å²) >= 11 is 6.71. The van der Waals surface area contributed by atoms with Crippen LogP contribution in [-0.4, -0.2) is 0 Å². The average molecular weight is 290 g/mol. The smallest absolute Gasteiger partial charge is 0.159 e. The Balaban J connectivity index is 2.34. The van der Waals surface area contributed by atoms with Gasteiger partial charge >= 0.3 is 0 Å². The van der Waals surface area contributed by atoms with Crippen molar-refractivity contribution in [3.8, 4) is 0 Å². The maximum Gasteiger partial charge on any atom is 0.159 e. The standard InChI is InChI=1S/C12H7ClF3NS/c13-7-4-12(11(17)5-9(7)15)18-6-1-2-8(14)10(16)3-6/h1-5H,17H2. The van der Waals surface area contributed by atoms with E-state index in [9.17, 15) is 13.2 Å². The highest BCUT2D eigenvalue weighted by atomic mass is 35.5. The van der Waals surface area contributed by atoms with Crippen molar-refractivity contribution in [3.05, 3.63) is 52.8 Å². The van der Waals surface area contributed by atoms with Crippen LogP contribution in [-0.2, 0) is 0 Å². The van der Waals surface area contributed by atoms with Gasteiger partial charge in [-0.1, -0.05) is 23.4 Å². The van der Waals surface area contributed by atoms with Gasteiger partial charge in [0, 0.05) is 15.5 Å². The molecule has 6 heteroatoms. The van der Waals surface area contributed by atoms with Crippen molar-refractivity contribution in [1.29, 1.82) is 0 Å². The van der Waals surface area contributed by atoms with E-state index in [2.05, 4.69) is 0 Å². The molecular formula is C12H7ClF3NS. The quantitative estimate of drug-likeness (QED) is 0.824. The molecule has 0 aliphatic rings. The van der Waals surface area contributed by atoms with Gasteiger partial charge in [0.2, 0.25) is 0 Å². The molecule has 2 rings (SSSR count). The number of nitrogens with two attached hydrogens (primary N) is 1. The normalized spacial score (nSPS) is 10.7. The van der Waals surface area contributed by atoms with Crippen molar-refractivity contribution in [2.24, 2.45) is 0 Å². The summed E-state index contributed by atoms with van der Waals surface area (Å²) in [5.74, 6) is -2.50. The lowest BCUT2D eigenvalue weighted by atomic mass is 10.3. The van der Waals surface area contributed by atoms with Crippen LogP contribution >= 0.6 is 23.4 Å². The second-order valence-corrected chi connectivity index (χ2v) is 5.00. The van der Waals surface area contributed by atoms with E-state index in [4.69, 9.17) is 17.3 Å². The minimum Gasteiger partial charge on any atom is -0.398 e. The fourth-order valence-electron chi connectivity index (χ4n) is 1.30. The number of anilines is 1. The van der Waals surface area contributed by atoms with Crippen LogP contribution in [0.15, 0.2) is 40.1 Å². The van der Waals surface area contributed by atoms with Gasteiger partial charge in [-0.15, -0.1) is 0 Å². The minimum atomic E-state index is -0.952. The van der Waals surface area contributed by atoms with Gasteiger partial charge in [0.25, 0.3) is 0 Å². The van der Waals surface area contributed by atoms with Gasteiger partial charge in [-0.05, 0) is 30.3 Å². The molecule has 0 aliphatic heterocycles. The topological polar surface area (TPSA) is 26.0 Å². The summed E-state index contributed by atoms with van der Waals surface area (Å²) in [5.41, 5.74) is 5.81. The molecule has 0 radical (unpaired) electrons. The Morgan fingerprint density at radius 3 is 2.33 bits per heavy atom. The Labute approximate surface area is 111 Å². The zero-order valence-corrected chi connectivity index (χ0v) is 10.5. The average Bonchev–Trinajstić information content (AvgIpc) is 2.31. The van der Waals surface area contributed by atoms with Crippen molar-refractivity contribution in [2.75, 3.05) is 5.73 Å². The fourth-order valence-corrected chi connectivity index (χ4v) is 2.43. The summed E-state index contributed by atoms with van der Waals surface area (Å²) in [6.45, 7) is 0. The second-order valence-electron chi connectivity index (χ2n) is 3.48. The Morgan fingerprint density at radius 2 is 1.67 bits per heavy atom. The predicted molar refractivity (Wildman–Crippen MR) is 66.3 cm³/mol. The Kier molecular flexibility index (Phi) is 3.73. The molecular weight excluding hydrogens is 283 g/mol. The highest BCUT2D eigenvalue weighted by Gasteiger charge is 2.09. The van der Waals surface area contributed by atoms with Crippen LogP contribution in [0.4, 0.5) is 18.9 Å². The molecule has 0 amide bonds. The van der Waals surface area contributed by atoms with Crippen molar-refractivity contribution in [2.45, 2.75) is 9.79 Å². The first-order valence-corrected chi connectivity index (χ1v) is 6.04. The lowest BCUT2D eigenvalue weighted by Gasteiger charge is -2.07. The van der Waals surface area contributed by atoms with Gasteiger partial charge in [0.05, 0.1) is 5.02 Å². The lowest BCUT2D eigenvalue weighted by Crippen LogP contribution is -1.91. The summed E-state index contributed by atoms with van der Waals surface area (Å²) in [6.07, 6.45) is 0. The molecule has 18 heavy (non-hydrogen) atoms. The maximum absolute atomic E-state index is 13.1. The van der Waals surface area contributed by atoms with Crippen LogP contribution in [0.2, 0.25) is 5.02 Å². The van der Waals surface area contributed by atoms with Gasteiger partial charge in [-0.2, -0.15) is 0 Å². The summed E-state index contributed by atoms with van der Waals surface area (Å²) in [7, 11) is 0. The van der Waals surface area contributed by atoms with Gasteiger partial charge < -0.3 is 5.73 Å². The molecule has 0 saturated carbocycles. The van der Waals surface area contributed by atoms with E-state index in [0.29, 0.717) is 9.79 Å². The highest BCUT2D eigenvalue weighted by Crippen LogP contribution is 2.35. The lowest BCUT2D eigenvalue weighted by molar-refractivity contribution is 0.506. The molecule has 2 aromatic rings. The predicted octanol–water partition coefficient (Wildman–Crippen LogP) is 4.49. The van der Waals surface area contributed by atoms with Crippen LogP contribution in [0.1, 0.15) is 0 Å². The molecule has 0 unspecified atom stereocenters. The highest BCUT2D eigenvalue weighted by molar-refractivity contribution is 7.99. The van der Waals surface area contributed by atoms with Crippen LogP contribution in [0, 0.1) is 17.5 Å². The molecule has 0 spiro atoms. The number of hydrogen-bond donors (Lipinski definition) is 1. The molecule has 0 heterocycles. The molecule has 0 aromatic heterocycles. The molecule has 0 aliphatic carbocycles. The second kappa shape index (κ2) is 5.12. The zero-order chi connectivity index (χ0) is 13.3. The van der Waals surface area contributed by atoms with Gasteiger partial charge in [0.15, 0.2) is 11.6 Å². The summed E-state index contributed by atoms with van der Waals surface area (Å²) in [6, 6.07) is 5.89. The summed E-state index contributed by atoms with van der Waals surface area (Å²) in [5, 5.41) is -0.0747. The molecule has 0 saturated heterocycles. The number of hydrogen-bond acceptors (Lipinski definition) is 2. The zero-order valence-electron chi connectivity index (χ0n) is 8.88. The number of nitrogen functional groups attached to an aromatic ring is 1. The SMILES string of the molecule is Nc1cc(F)c(Cl)cc1Sc1ccc(F)c(F)c1. The summed E-state index contributed by atoms with van der Waals surface area (Å²) in [4.78, 5) is 0.927. The third kappa shape index (κ3) is 2.73. The van der Waals surface area contributed by atoms with Crippen molar-refractivity contribution < 1.29 is 13.2 Å². The van der Waals surface area contributed by atoms with Gasteiger partial charge in [0.1, 0.15) is 5.82 Å². The Hall–Kier alpha value is -1.33. The van der Waals surface area contributed by atoms with Crippen molar-refractivity contribution >= 4 is 29.1 Å². The van der Waals surface area contributed by atoms with Crippen molar-refractivity contribution in [1.82, 2.24) is 0 Å². The van der Waals surface area contributed by atoms with Crippen LogP contribution < -0.4 is 5.73 Å². The van der Waals surface area contributed by atoms with E-state index in [1.807, 2.05) is 0 Å². The molecule has 94 valence electrons. The Bertz CT molecular complexity index is 604. The van der Waals surface area contributed by atoms with Gasteiger partial charge in [-0.3, -0.25) is 0 Å². The number of halogens is 4. The first kappa shape index (κ1) is 13.1. The molecule has 2 N–H and O–H groups in total. The van der Waals surface area contributed by atoms with E-state index < -0.39 is 17.5 Å². The third-order valence-corrected chi connectivity index (χ3v) is 3.52. The number of benzene rings is 2. The maximum atomic E-state index is 13.1. The molecule has 0 fully saturated rings. The van der Waals surface area contributed by atoms with E-state index in [0.717, 1.165) is 30.0 Å². The molecule has 0 atom stereocenters. The third-order valence-electron chi connectivity index (χ3n) is 2.17. The van der Waals surface area contributed by atoms with E-state index in [-0.39, 0.29) is 10.7 Å². The van der Waals surface area contributed by atoms with Crippen LogP contribution in [0.3, 0.4) is 0 Å². The van der Waals surface area contributed by atoms with Crippen LogP contribution in [0.25, 0.3) is 0 Å². The molecule has 2 aromatic carbocycles. The first-order valence-electron chi connectivity index (χ1n) is 4.85. The molecule has 0 bridgehead atoms. The minimum absolute atomic E-state index is 0.0747. The Morgan fingerprint density at radius 1 is 0.944 bits per heavy atom. The monoisotopic (exact) mass is 289 g/mol. The van der Waals surface area contributed by atoms with Crippen molar-refractivity contribution in [3.63, 3.8) is 0 Å². The van der Waals surface area contributed by atoms with Crippen LogP contribution in [0.5, 0.6) is 0 Å². The number of rotatable bonds is 2. The van der Waals surface area contributed by atoms with Gasteiger partial charge in [-0.25, -0.2) is 13.2 Å². The van der Waals surface area contributed by atoms with E-state index >= 15 is 0 Å². The van der Waals surface area contributed by atoms with E-state index in [1.165, 1.54) is 12.1 Å².